The topological polar surface area (TPSA) is 59.8 Å². The first kappa shape index (κ1) is 20.1. The zero-order chi connectivity index (χ0) is 20.3. The minimum Gasteiger partial charge on any atom is -0.324 e. The molecule has 1 aromatic carbocycles. The number of aromatic nitrogens is 3. The summed E-state index contributed by atoms with van der Waals surface area (Å²) in [5, 5.41) is 3.04. The number of alkyl halides is 3. The third kappa shape index (κ3) is 4.44. The van der Waals surface area contributed by atoms with Crippen LogP contribution in [0.1, 0.15) is 31.7 Å². The molecule has 28 heavy (non-hydrogen) atoms. The molecule has 0 unspecified atom stereocenters. The van der Waals surface area contributed by atoms with Crippen molar-refractivity contribution in [2.45, 2.75) is 38.9 Å². The number of nitrogens with zero attached hydrogens (tertiary/aromatic N) is 3. The Hall–Kier alpha value is -2.61. The molecule has 0 aliphatic carbocycles. The third-order valence-corrected chi connectivity index (χ3v) is 4.57. The fraction of sp³-hybridized carbons (Fsp3) is 0.316. The number of nitrogens with one attached hydrogen (secondary N) is 1. The van der Waals surface area contributed by atoms with Crippen molar-refractivity contribution in [2.24, 2.45) is 0 Å². The van der Waals surface area contributed by atoms with Gasteiger partial charge >= 0.3 is 6.18 Å². The number of fused-ring (bicyclic) bond motifs is 1. The molecule has 0 saturated heterocycles. The molecular weight excluding hydrogens is 393 g/mol. The summed E-state index contributed by atoms with van der Waals surface area (Å²) in [4.78, 5) is 20.7. The van der Waals surface area contributed by atoms with E-state index in [0.717, 1.165) is 31.4 Å². The molecule has 0 radical (unpaired) electrons. The maximum Gasteiger partial charge on any atom is 0.417 e. The lowest BCUT2D eigenvalue weighted by Crippen LogP contribution is -2.20. The van der Waals surface area contributed by atoms with Crippen LogP contribution < -0.4 is 10.9 Å². The van der Waals surface area contributed by atoms with Gasteiger partial charge in [-0.3, -0.25) is 9.36 Å². The van der Waals surface area contributed by atoms with Crippen molar-refractivity contribution in [1.29, 1.82) is 0 Å². The van der Waals surface area contributed by atoms with E-state index in [1.54, 1.807) is 10.6 Å². The molecule has 5 nitrogen and oxygen atoms in total. The summed E-state index contributed by atoms with van der Waals surface area (Å²) >= 11 is 5.64. The Bertz CT molecular complexity index is 1050. The van der Waals surface area contributed by atoms with E-state index in [-0.39, 0.29) is 22.2 Å². The number of hydrogen-bond acceptors (Lipinski definition) is 4. The molecule has 0 bridgehead atoms. The molecule has 0 aliphatic heterocycles. The minimum atomic E-state index is -4.57. The Morgan fingerprint density at radius 2 is 1.96 bits per heavy atom. The molecule has 9 heteroatoms. The predicted octanol–water partition coefficient (Wildman–Crippen LogP) is 5.40. The minimum absolute atomic E-state index is 0.0952. The standard InChI is InChI=1S/C19H18ClF3N4O/c1-2-3-4-9-27-16(28)8-5-12-11-24-18(26-17(12)27)25-13-6-7-15(20)14(10-13)19(21,22)23/h5-8,10-11H,2-4,9H2,1H3,(H,24,25,26). The van der Waals surface area contributed by atoms with Crippen LogP contribution in [-0.4, -0.2) is 14.5 Å². The van der Waals surface area contributed by atoms with E-state index < -0.39 is 11.7 Å². The summed E-state index contributed by atoms with van der Waals surface area (Å²) in [6.45, 7) is 2.58. The summed E-state index contributed by atoms with van der Waals surface area (Å²) in [7, 11) is 0. The smallest absolute Gasteiger partial charge is 0.324 e. The van der Waals surface area contributed by atoms with Crippen molar-refractivity contribution < 1.29 is 13.2 Å². The van der Waals surface area contributed by atoms with Crippen LogP contribution in [0.3, 0.4) is 0 Å². The third-order valence-electron chi connectivity index (χ3n) is 4.24. The molecule has 148 valence electrons. The van der Waals surface area contributed by atoms with Crippen molar-refractivity contribution in [2.75, 3.05) is 5.32 Å². The van der Waals surface area contributed by atoms with E-state index in [9.17, 15) is 18.0 Å². The van der Waals surface area contributed by atoms with Crippen LogP contribution in [0, 0.1) is 0 Å². The normalized spacial score (nSPS) is 11.8. The Morgan fingerprint density at radius 1 is 1.18 bits per heavy atom. The largest absolute Gasteiger partial charge is 0.417 e. The maximum atomic E-state index is 13.0. The van der Waals surface area contributed by atoms with E-state index in [0.29, 0.717) is 17.6 Å². The van der Waals surface area contributed by atoms with E-state index in [2.05, 4.69) is 22.2 Å². The maximum absolute atomic E-state index is 13.0. The van der Waals surface area contributed by atoms with Gasteiger partial charge in [-0.2, -0.15) is 18.2 Å². The second kappa shape index (κ2) is 8.18. The SMILES string of the molecule is CCCCCn1c(=O)ccc2cnc(Nc3ccc(Cl)c(C(F)(F)F)c3)nc21. The number of unbranched alkanes of at least 4 members (excludes halogenated alkanes) is 2. The van der Waals surface area contributed by atoms with Gasteiger partial charge < -0.3 is 5.32 Å². The highest BCUT2D eigenvalue weighted by atomic mass is 35.5. The lowest BCUT2D eigenvalue weighted by molar-refractivity contribution is -0.137. The number of aryl methyl sites for hydroxylation is 1. The molecule has 1 N–H and O–H groups in total. The van der Waals surface area contributed by atoms with Gasteiger partial charge in [0, 0.05) is 29.9 Å². The number of hydrogen-bond donors (Lipinski definition) is 1. The molecular formula is C19H18ClF3N4O. The van der Waals surface area contributed by atoms with E-state index >= 15 is 0 Å². The van der Waals surface area contributed by atoms with E-state index in [1.165, 1.54) is 18.3 Å². The number of anilines is 2. The number of benzene rings is 1. The average Bonchev–Trinajstić information content (AvgIpc) is 2.64. The summed E-state index contributed by atoms with van der Waals surface area (Å²) in [6.07, 6.45) is -0.225. The average molecular weight is 411 g/mol. The first-order valence-electron chi connectivity index (χ1n) is 8.80. The van der Waals surface area contributed by atoms with E-state index in [1.807, 2.05) is 0 Å². The van der Waals surface area contributed by atoms with Crippen molar-refractivity contribution in [3.8, 4) is 0 Å². The predicted molar refractivity (Wildman–Crippen MR) is 103 cm³/mol. The molecule has 0 saturated carbocycles. The second-order valence-corrected chi connectivity index (χ2v) is 6.73. The van der Waals surface area contributed by atoms with Crippen LogP contribution in [-0.2, 0) is 12.7 Å². The Labute approximate surface area is 164 Å². The Morgan fingerprint density at radius 3 is 2.68 bits per heavy atom. The highest BCUT2D eigenvalue weighted by Crippen LogP contribution is 2.36. The highest BCUT2D eigenvalue weighted by molar-refractivity contribution is 6.31. The Balaban J connectivity index is 1.96. The molecule has 2 heterocycles. The van der Waals surface area contributed by atoms with Gasteiger partial charge in [-0.1, -0.05) is 31.4 Å². The molecule has 3 aromatic rings. The van der Waals surface area contributed by atoms with Crippen LogP contribution in [0.4, 0.5) is 24.8 Å². The van der Waals surface area contributed by atoms with Crippen molar-refractivity contribution in [1.82, 2.24) is 14.5 Å². The number of rotatable bonds is 6. The molecule has 2 aromatic heterocycles. The van der Waals surface area contributed by atoms with Gasteiger partial charge in [-0.05, 0) is 30.7 Å². The van der Waals surface area contributed by atoms with Gasteiger partial charge in [-0.15, -0.1) is 0 Å². The molecule has 0 spiro atoms. The lowest BCUT2D eigenvalue weighted by Gasteiger charge is -2.13. The molecule has 0 fully saturated rings. The summed E-state index contributed by atoms with van der Waals surface area (Å²) in [5.41, 5.74) is -0.548. The van der Waals surface area contributed by atoms with Crippen LogP contribution in [0.25, 0.3) is 11.0 Å². The second-order valence-electron chi connectivity index (χ2n) is 6.32. The van der Waals surface area contributed by atoms with Gasteiger partial charge in [0.15, 0.2) is 0 Å². The van der Waals surface area contributed by atoms with E-state index in [4.69, 9.17) is 11.6 Å². The van der Waals surface area contributed by atoms with Crippen LogP contribution >= 0.6 is 11.6 Å². The monoisotopic (exact) mass is 410 g/mol. The van der Waals surface area contributed by atoms with Gasteiger partial charge in [0.05, 0.1) is 10.6 Å². The van der Waals surface area contributed by atoms with Crippen molar-refractivity contribution >= 4 is 34.3 Å². The van der Waals surface area contributed by atoms with Gasteiger partial charge in [0.1, 0.15) is 5.65 Å². The van der Waals surface area contributed by atoms with Crippen molar-refractivity contribution in [3.63, 3.8) is 0 Å². The number of pyridine rings is 1. The van der Waals surface area contributed by atoms with Gasteiger partial charge in [0.2, 0.25) is 5.95 Å². The highest BCUT2D eigenvalue weighted by Gasteiger charge is 2.33. The zero-order valence-corrected chi connectivity index (χ0v) is 15.8. The summed E-state index contributed by atoms with van der Waals surface area (Å²) < 4.78 is 40.7. The zero-order valence-electron chi connectivity index (χ0n) is 15.1. The fourth-order valence-electron chi connectivity index (χ4n) is 2.82. The quantitative estimate of drug-likeness (QED) is 0.553. The summed E-state index contributed by atoms with van der Waals surface area (Å²) in [5.74, 6) is 0.0952. The molecule has 0 atom stereocenters. The van der Waals surface area contributed by atoms with Crippen molar-refractivity contribution in [3.05, 3.63) is 57.5 Å². The van der Waals surface area contributed by atoms with Crippen LogP contribution in [0.15, 0.2) is 41.3 Å². The molecule has 0 amide bonds. The first-order valence-corrected chi connectivity index (χ1v) is 9.17. The molecule has 0 aliphatic rings. The van der Waals surface area contributed by atoms with Crippen LogP contribution in [0.2, 0.25) is 5.02 Å². The first-order chi connectivity index (χ1) is 13.3. The fourth-order valence-corrected chi connectivity index (χ4v) is 3.04. The van der Waals surface area contributed by atoms with Gasteiger partial charge in [0.25, 0.3) is 5.56 Å². The van der Waals surface area contributed by atoms with Gasteiger partial charge in [-0.25, -0.2) is 4.98 Å². The number of halogens is 4. The Kier molecular flexibility index (Phi) is 5.88. The molecule has 3 rings (SSSR count). The summed E-state index contributed by atoms with van der Waals surface area (Å²) in [6, 6.07) is 6.55. The van der Waals surface area contributed by atoms with Crippen LogP contribution in [0.5, 0.6) is 0 Å². The lowest BCUT2D eigenvalue weighted by atomic mass is 10.2.